The molecule has 4 N–H and O–H groups in total. The molecule has 148 valence electrons. The fraction of sp³-hybridized carbons (Fsp3) is 0.0870. The largest absolute Gasteiger partial charge is 0.397 e. The summed E-state index contributed by atoms with van der Waals surface area (Å²) in [7, 11) is 1.74. The molecule has 2 aromatic heterocycles. The van der Waals surface area contributed by atoms with E-state index in [2.05, 4.69) is 11.1 Å². The number of amides is 1. The Kier molecular flexibility index (Phi) is 5.09. The van der Waals surface area contributed by atoms with Gasteiger partial charge in [-0.15, -0.1) is 11.3 Å². The SMILES string of the molecule is CN(Cc1ccccc1)C(=O)c1sc2nc(N)c(C#N)c(-c3ccccc3)c2c1N. The van der Waals surface area contributed by atoms with Crippen molar-refractivity contribution >= 4 is 39.0 Å². The number of hydrogen-bond acceptors (Lipinski definition) is 6. The van der Waals surface area contributed by atoms with Crippen LogP contribution in [0, 0.1) is 11.3 Å². The molecule has 0 aliphatic heterocycles. The Morgan fingerprint density at radius 1 is 1.10 bits per heavy atom. The van der Waals surface area contributed by atoms with Crippen LogP contribution in [0.3, 0.4) is 0 Å². The number of nitrogens with zero attached hydrogens (tertiary/aromatic N) is 3. The molecule has 0 radical (unpaired) electrons. The van der Waals surface area contributed by atoms with Gasteiger partial charge in [-0.3, -0.25) is 4.79 Å². The molecule has 30 heavy (non-hydrogen) atoms. The lowest BCUT2D eigenvalue weighted by Crippen LogP contribution is -2.26. The van der Waals surface area contributed by atoms with Crippen molar-refractivity contribution < 1.29 is 4.79 Å². The number of nitrogen functional groups attached to an aromatic ring is 2. The molecule has 0 aliphatic rings. The number of anilines is 2. The third-order valence-electron chi connectivity index (χ3n) is 4.88. The summed E-state index contributed by atoms with van der Waals surface area (Å²) < 4.78 is 0. The second-order valence-corrected chi connectivity index (χ2v) is 7.90. The van der Waals surface area contributed by atoms with Gasteiger partial charge in [-0.05, 0) is 11.1 Å². The minimum absolute atomic E-state index is 0.127. The first-order valence-electron chi connectivity index (χ1n) is 9.27. The lowest BCUT2D eigenvalue weighted by atomic mass is 9.97. The Balaban J connectivity index is 1.85. The monoisotopic (exact) mass is 413 g/mol. The quantitative estimate of drug-likeness (QED) is 0.519. The van der Waals surface area contributed by atoms with Crippen molar-refractivity contribution in [3.8, 4) is 17.2 Å². The molecular formula is C23H19N5OS. The summed E-state index contributed by atoms with van der Waals surface area (Å²) in [5.74, 6) is -0.0720. The van der Waals surface area contributed by atoms with Crippen LogP contribution in [0.2, 0.25) is 0 Å². The molecule has 0 atom stereocenters. The number of carbonyl (C=O) groups is 1. The number of benzene rings is 2. The summed E-state index contributed by atoms with van der Waals surface area (Å²) in [5, 5.41) is 10.3. The molecule has 0 aliphatic carbocycles. The molecule has 6 nitrogen and oxygen atoms in total. The van der Waals surface area contributed by atoms with Crippen molar-refractivity contribution in [2.24, 2.45) is 0 Å². The summed E-state index contributed by atoms with van der Waals surface area (Å²) in [4.78, 5) is 20.1. The van der Waals surface area contributed by atoms with E-state index in [0.717, 1.165) is 11.1 Å². The number of thiophene rings is 1. The van der Waals surface area contributed by atoms with Crippen molar-refractivity contribution in [1.29, 1.82) is 5.26 Å². The Labute approximate surface area is 178 Å². The Bertz CT molecular complexity index is 1280. The molecule has 0 unspecified atom stereocenters. The molecule has 0 spiro atoms. The maximum absolute atomic E-state index is 13.2. The van der Waals surface area contributed by atoms with Crippen LogP contribution < -0.4 is 11.5 Å². The smallest absolute Gasteiger partial charge is 0.266 e. The molecule has 2 aromatic carbocycles. The van der Waals surface area contributed by atoms with Crippen LogP contribution in [0.4, 0.5) is 11.5 Å². The van der Waals surface area contributed by atoms with E-state index in [4.69, 9.17) is 11.5 Å². The summed E-state index contributed by atoms with van der Waals surface area (Å²) in [6.07, 6.45) is 0. The van der Waals surface area contributed by atoms with Crippen molar-refractivity contribution in [2.75, 3.05) is 18.5 Å². The molecular weight excluding hydrogens is 394 g/mol. The molecule has 0 saturated carbocycles. The number of nitrogens with two attached hydrogens (primary N) is 2. The molecule has 7 heteroatoms. The highest BCUT2D eigenvalue weighted by atomic mass is 32.1. The normalized spacial score (nSPS) is 10.7. The number of fused-ring (bicyclic) bond motifs is 1. The second-order valence-electron chi connectivity index (χ2n) is 6.90. The Hall–Kier alpha value is -3.89. The van der Waals surface area contributed by atoms with E-state index in [-0.39, 0.29) is 17.3 Å². The predicted molar refractivity (Wildman–Crippen MR) is 121 cm³/mol. The van der Waals surface area contributed by atoms with Gasteiger partial charge >= 0.3 is 0 Å². The lowest BCUT2D eigenvalue weighted by molar-refractivity contribution is 0.0791. The number of nitriles is 1. The fourth-order valence-corrected chi connectivity index (χ4v) is 4.54. The van der Waals surface area contributed by atoms with Gasteiger partial charge in [0, 0.05) is 24.5 Å². The summed E-state index contributed by atoms with van der Waals surface area (Å²) >= 11 is 1.20. The topological polar surface area (TPSA) is 109 Å². The predicted octanol–water partition coefficient (Wildman–Crippen LogP) is 4.27. The van der Waals surface area contributed by atoms with Gasteiger partial charge in [0.1, 0.15) is 27.2 Å². The zero-order valence-electron chi connectivity index (χ0n) is 16.3. The molecule has 0 fully saturated rings. The third-order valence-corrected chi connectivity index (χ3v) is 5.97. The highest BCUT2D eigenvalue weighted by molar-refractivity contribution is 7.21. The van der Waals surface area contributed by atoms with Gasteiger partial charge in [0.15, 0.2) is 0 Å². The highest BCUT2D eigenvalue weighted by Gasteiger charge is 2.25. The average Bonchev–Trinajstić information content (AvgIpc) is 3.09. The number of rotatable bonds is 4. The lowest BCUT2D eigenvalue weighted by Gasteiger charge is -2.16. The van der Waals surface area contributed by atoms with Gasteiger partial charge in [0.2, 0.25) is 0 Å². The van der Waals surface area contributed by atoms with Crippen molar-refractivity contribution in [2.45, 2.75) is 6.54 Å². The van der Waals surface area contributed by atoms with E-state index in [1.165, 1.54) is 11.3 Å². The molecule has 0 bridgehead atoms. The van der Waals surface area contributed by atoms with E-state index in [0.29, 0.717) is 32.9 Å². The van der Waals surface area contributed by atoms with Gasteiger partial charge in [0.25, 0.3) is 5.91 Å². The molecule has 4 aromatic rings. The van der Waals surface area contributed by atoms with Crippen molar-refractivity contribution in [3.05, 3.63) is 76.7 Å². The summed E-state index contributed by atoms with van der Waals surface area (Å²) in [6.45, 7) is 0.456. The van der Waals surface area contributed by atoms with E-state index in [9.17, 15) is 10.1 Å². The molecule has 2 heterocycles. The van der Waals surface area contributed by atoms with Crippen LogP contribution in [-0.2, 0) is 6.54 Å². The van der Waals surface area contributed by atoms with E-state index in [1.807, 2.05) is 60.7 Å². The zero-order chi connectivity index (χ0) is 21.3. The number of hydrogen-bond donors (Lipinski definition) is 2. The van der Waals surface area contributed by atoms with Gasteiger partial charge in [0.05, 0.1) is 5.69 Å². The average molecular weight is 414 g/mol. The maximum Gasteiger partial charge on any atom is 0.266 e. The number of aromatic nitrogens is 1. The van der Waals surface area contributed by atoms with Crippen LogP contribution in [0.15, 0.2) is 60.7 Å². The summed E-state index contributed by atoms with van der Waals surface area (Å²) in [6, 6.07) is 21.3. The first-order valence-corrected chi connectivity index (χ1v) is 10.1. The molecule has 4 rings (SSSR count). The zero-order valence-corrected chi connectivity index (χ0v) is 17.1. The van der Waals surface area contributed by atoms with Crippen molar-refractivity contribution in [3.63, 3.8) is 0 Å². The standard InChI is InChI=1S/C23H19N5OS/c1-28(13-14-8-4-2-5-9-14)23(29)20-19(25)18-17(15-10-6-3-7-11-15)16(12-24)21(26)27-22(18)30-20/h2-11H,13,25H2,1H3,(H2,26,27). The maximum atomic E-state index is 13.2. The third kappa shape index (κ3) is 3.34. The molecule has 0 saturated heterocycles. The van der Waals surface area contributed by atoms with Gasteiger partial charge in [-0.2, -0.15) is 5.26 Å². The van der Waals surface area contributed by atoms with Gasteiger partial charge in [-0.25, -0.2) is 4.98 Å². The summed E-state index contributed by atoms with van der Waals surface area (Å²) in [5.41, 5.74) is 15.5. The minimum atomic E-state index is -0.199. The first-order chi connectivity index (χ1) is 14.5. The number of carbonyl (C=O) groups excluding carboxylic acids is 1. The number of pyridine rings is 1. The fourth-order valence-electron chi connectivity index (χ4n) is 3.44. The van der Waals surface area contributed by atoms with Crippen LogP contribution in [0.1, 0.15) is 20.8 Å². The molecule has 1 amide bonds. The second kappa shape index (κ2) is 7.85. The van der Waals surface area contributed by atoms with E-state index >= 15 is 0 Å². The van der Waals surface area contributed by atoms with Crippen LogP contribution in [0.5, 0.6) is 0 Å². The van der Waals surface area contributed by atoms with Crippen LogP contribution >= 0.6 is 11.3 Å². The Morgan fingerprint density at radius 2 is 1.73 bits per heavy atom. The Morgan fingerprint density at radius 3 is 2.37 bits per heavy atom. The van der Waals surface area contributed by atoms with E-state index in [1.54, 1.807) is 11.9 Å². The van der Waals surface area contributed by atoms with Gasteiger partial charge < -0.3 is 16.4 Å². The van der Waals surface area contributed by atoms with E-state index < -0.39 is 0 Å². The van der Waals surface area contributed by atoms with Crippen molar-refractivity contribution in [1.82, 2.24) is 9.88 Å². The van der Waals surface area contributed by atoms with Crippen LogP contribution in [0.25, 0.3) is 21.3 Å². The van der Waals surface area contributed by atoms with Crippen LogP contribution in [-0.4, -0.2) is 22.8 Å². The minimum Gasteiger partial charge on any atom is -0.397 e. The van der Waals surface area contributed by atoms with Gasteiger partial charge in [-0.1, -0.05) is 60.7 Å². The highest BCUT2D eigenvalue weighted by Crippen LogP contribution is 2.42. The first kappa shape index (κ1) is 19.4.